The maximum absolute atomic E-state index is 12.5. The number of carbonyl (C=O) groups excluding carboxylic acids is 2. The summed E-state index contributed by atoms with van der Waals surface area (Å²) in [5.41, 5.74) is 1.55. The van der Waals surface area contributed by atoms with Gasteiger partial charge in [-0.25, -0.2) is 0 Å². The molecular formula is C23H16N4O6. The van der Waals surface area contributed by atoms with Crippen LogP contribution in [0.3, 0.4) is 0 Å². The SMILES string of the molecule is O=C(NCc1cccc(NC(=O)c2cc(-c3ccco3)on2)c1)c1cc(-c2ccco2)on1. The van der Waals surface area contributed by atoms with Gasteiger partial charge in [0.15, 0.2) is 22.9 Å². The molecule has 2 N–H and O–H groups in total. The summed E-state index contributed by atoms with van der Waals surface area (Å²) >= 11 is 0. The predicted octanol–water partition coefficient (Wildman–Crippen LogP) is 4.36. The minimum absolute atomic E-state index is 0.110. The fraction of sp³-hybridized carbons (Fsp3) is 0.0435. The molecule has 0 radical (unpaired) electrons. The molecule has 0 bridgehead atoms. The van der Waals surface area contributed by atoms with E-state index in [0.717, 1.165) is 5.56 Å². The smallest absolute Gasteiger partial charge is 0.277 e. The van der Waals surface area contributed by atoms with Crippen molar-refractivity contribution < 1.29 is 27.5 Å². The first-order valence-corrected chi connectivity index (χ1v) is 9.85. The third kappa shape index (κ3) is 4.44. The van der Waals surface area contributed by atoms with Crippen LogP contribution >= 0.6 is 0 Å². The van der Waals surface area contributed by atoms with Gasteiger partial charge in [0, 0.05) is 24.4 Å². The maximum Gasteiger partial charge on any atom is 0.277 e. The number of aromatic nitrogens is 2. The van der Waals surface area contributed by atoms with Crippen molar-refractivity contribution in [3.8, 4) is 23.0 Å². The Morgan fingerprint density at radius 1 is 0.727 bits per heavy atom. The van der Waals surface area contributed by atoms with Gasteiger partial charge in [0.25, 0.3) is 11.8 Å². The topological polar surface area (TPSA) is 137 Å². The molecule has 4 heterocycles. The third-order valence-corrected chi connectivity index (χ3v) is 4.65. The lowest BCUT2D eigenvalue weighted by atomic mass is 10.2. The first kappa shape index (κ1) is 20.1. The summed E-state index contributed by atoms with van der Waals surface area (Å²) < 4.78 is 20.7. The second-order valence-electron chi connectivity index (χ2n) is 6.94. The van der Waals surface area contributed by atoms with Gasteiger partial charge in [-0.2, -0.15) is 0 Å². The summed E-state index contributed by atoms with van der Waals surface area (Å²) in [5, 5.41) is 13.1. The molecule has 0 aliphatic rings. The van der Waals surface area contributed by atoms with Gasteiger partial charge in [-0.05, 0) is 42.0 Å². The molecule has 0 saturated heterocycles. The molecule has 0 unspecified atom stereocenters. The van der Waals surface area contributed by atoms with Gasteiger partial charge in [-0.1, -0.05) is 22.4 Å². The second kappa shape index (κ2) is 8.71. The van der Waals surface area contributed by atoms with Crippen molar-refractivity contribution in [2.24, 2.45) is 0 Å². The number of amides is 2. The molecule has 5 rings (SSSR count). The molecule has 4 aromatic heterocycles. The van der Waals surface area contributed by atoms with E-state index in [2.05, 4.69) is 20.9 Å². The van der Waals surface area contributed by atoms with Crippen LogP contribution in [0.4, 0.5) is 5.69 Å². The van der Waals surface area contributed by atoms with Crippen molar-refractivity contribution in [1.29, 1.82) is 0 Å². The Kier molecular flexibility index (Phi) is 5.30. The lowest BCUT2D eigenvalue weighted by Crippen LogP contribution is -2.23. The minimum atomic E-state index is -0.439. The van der Waals surface area contributed by atoms with Gasteiger partial charge in [0.05, 0.1) is 12.5 Å². The van der Waals surface area contributed by atoms with Crippen molar-refractivity contribution >= 4 is 17.5 Å². The zero-order chi connectivity index (χ0) is 22.6. The van der Waals surface area contributed by atoms with Crippen LogP contribution in [0.15, 0.2) is 91.1 Å². The zero-order valence-corrected chi connectivity index (χ0v) is 17.0. The lowest BCUT2D eigenvalue weighted by Gasteiger charge is -2.07. The fourth-order valence-corrected chi connectivity index (χ4v) is 3.06. The standard InChI is InChI=1S/C23H16N4O6/c28-22(16-11-20(32-26-16)18-6-2-8-30-18)24-13-14-4-1-5-15(10-14)25-23(29)17-12-21(33-27-17)19-7-3-9-31-19/h1-12H,13H2,(H,24,28)(H,25,29). The average molecular weight is 444 g/mol. The Morgan fingerprint density at radius 3 is 1.97 bits per heavy atom. The molecule has 10 nitrogen and oxygen atoms in total. The highest BCUT2D eigenvalue weighted by Crippen LogP contribution is 2.22. The number of hydrogen-bond donors (Lipinski definition) is 2. The molecule has 33 heavy (non-hydrogen) atoms. The summed E-state index contributed by atoms with van der Waals surface area (Å²) in [5.74, 6) is 0.823. The Hall–Kier alpha value is -4.86. The van der Waals surface area contributed by atoms with Gasteiger partial charge in [-0.3, -0.25) is 9.59 Å². The van der Waals surface area contributed by atoms with E-state index < -0.39 is 11.8 Å². The number of rotatable bonds is 7. The normalized spacial score (nSPS) is 10.8. The van der Waals surface area contributed by atoms with Crippen LogP contribution in [0.25, 0.3) is 23.0 Å². The van der Waals surface area contributed by atoms with Crippen LogP contribution in [0.5, 0.6) is 0 Å². The molecule has 2 amide bonds. The molecule has 1 aromatic carbocycles. The summed E-state index contributed by atoms with van der Waals surface area (Å²) in [4.78, 5) is 24.9. The Morgan fingerprint density at radius 2 is 1.36 bits per heavy atom. The first-order valence-electron chi connectivity index (χ1n) is 9.85. The Labute approximate surface area is 186 Å². The number of nitrogens with one attached hydrogen (secondary N) is 2. The number of nitrogens with zero attached hydrogens (tertiary/aromatic N) is 2. The molecule has 5 aromatic rings. The zero-order valence-electron chi connectivity index (χ0n) is 17.0. The van der Waals surface area contributed by atoms with E-state index in [1.54, 1.807) is 42.5 Å². The largest absolute Gasteiger partial charge is 0.461 e. The van der Waals surface area contributed by atoms with Crippen LogP contribution in [0.1, 0.15) is 26.5 Å². The van der Waals surface area contributed by atoms with Crippen molar-refractivity contribution in [3.05, 3.63) is 90.1 Å². The second-order valence-corrected chi connectivity index (χ2v) is 6.94. The van der Waals surface area contributed by atoms with E-state index >= 15 is 0 Å². The van der Waals surface area contributed by atoms with Crippen LogP contribution in [-0.2, 0) is 6.54 Å². The summed E-state index contributed by atoms with van der Waals surface area (Å²) in [6.07, 6.45) is 3.01. The van der Waals surface area contributed by atoms with Gasteiger partial charge < -0.3 is 28.5 Å². The van der Waals surface area contributed by atoms with Crippen molar-refractivity contribution in [3.63, 3.8) is 0 Å². The van der Waals surface area contributed by atoms with Gasteiger partial charge in [0.2, 0.25) is 11.5 Å². The highest BCUT2D eigenvalue weighted by molar-refractivity contribution is 6.03. The average Bonchev–Trinajstić information content (AvgIpc) is 3.64. The van der Waals surface area contributed by atoms with Crippen LogP contribution in [0.2, 0.25) is 0 Å². The third-order valence-electron chi connectivity index (χ3n) is 4.65. The predicted molar refractivity (Wildman–Crippen MR) is 114 cm³/mol. The fourth-order valence-electron chi connectivity index (χ4n) is 3.06. The summed E-state index contributed by atoms with van der Waals surface area (Å²) in [6.45, 7) is 0.220. The van der Waals surface area contributed by atoms with Crippen LogP contribution in [0, 0.1) is 0 Å². The first-order chi connectivity index (χ1) is 16.2. The van der Waals surface area contributed by atoms with E-state index in [1.165, 1.54) is 24.7 Å². The molecule has 0 aliphatic heterocycles. The molecular weight excluding hydrogens is 428 g/mol. The van der Waals surface area contributed by atoms with E-state index in [9.17, 15) is 9.59 Å². The van der Waals surface area contributed by atoms with Crippen LogP contribution < -0.4 is 10.6 Å². The summed E-state index contributed by atoms with van der Waals surface area (Å²) in [7, 11) is 0. The van der Waals surface area contributed by atoms with Crippen molar-refractivity contribution in [2.75, 3.05) is 5.32 Å². The Bertz CT molecular complexity index is 1380. The van der Waals surface area contributed by atoms with Gasteiger partial charge in [-0.15, -0.1) is 0 Å². The molecule has 10 heteroatoms. The molecule has 0 saturated carbocycles. The highest BCUT2D eigenvalue weighted by atomic mass is 16.5. The number of carbonyl (C=O) groups is 2. The minimum Gasteiger partial charge on any atom is -0.461 e. The number of hydrogen-bond acceptors (Lipinski definition) is 8. The van der Waals surface area contributed by atoms with Crippen molar-refractivity contribution in [1.82, 2.24) is 15.6 Å². The van der Waals surface area contributed by atoms with Gasteiger partial charge >= 0.3 is 0 Å². The molecule has 0 fully saturated rings. The van der Waals surface area contributed by atoms with E-state index in [-0.39, 0.29) is 17.9 Å². The molecule has 164 valence electrons. The summed E-state index contributed by atoms with van der Waals surface area (Å²) in [6, 6.07) is 16.9. The van der Waals surface area contributed by atoms with Gasteiger partial charge in [0.1, 0.15) is 0 Å². The lowest BCUT2D eigenvalue weighted by molar-refractivity contribution is 0.0941. The van der Waals surface area contributed by atoms with Crippen LogP contribution in [-0.4, -0.2) is 22.1 Å². The number of furan rings is 2. The highest BCUT2D eigenvalue weighted by Gasteiger charge is 2.17. The maximum atomic E-state index is 12.5. The van der Waals surface area contributed by atoms with E-state index in [0.29, 0.717) is 28.7 Å². The van der Waals surface area contributed by atoms with Crippen molar-refractivity contribution in [2.45, 2.75) is 6.54 Å². The Balaban J connectivity index is 1.20. The number of anilines is 1. The molecule has 0 spiro atoms. The number of benzene rings is 1. The monoisotopic (exact) mass is 444 g/mol. The molecule has 0 aliphatic carbocycles. The quantitative estimate of drug-likeness (QED) is 0.378. The van der Waals surface area contributed by atoms with E-state index in [1.807, 2.05) is 6.07 Å². The molecule has 0 atom stereocenters. The van der Waals surface area contributed by atoms with E-state index in [4.69, 9.17) is 17.9 Å².